The standard InChI is InChI=1S/C15H21N3O4S/c19-15(20)12(8-13-3-1-2-6-16-13)9-17-23(21,22)18-10-11-4-5-14(18)7-11/h1-3,6,11-12,14,17H,4-5,7-10H2,(H,19,20). The van der Waals surface area contributed by atoms with Gasteiger partial charge in [0.25, 0.3) is 10.2 Å². The maximum absolute atomic E-state index is 12.4. The highest BCUT2D eigenvalue weighted by atomic mass is 32.2. The third kappa shape index (κ3) is 3.70. The van der Waals surface area contributed by atoms with Crippen molar-refractivity contribution in [1.82, 2.24) is 14.0 Å². The normalized spacial score (nSPS) is 25.6. The SMILES string of the molecule is O=C(O)C(CNS(=O)(=O)N1CC2CCC1C2)Cc1ccccn1. The van der Waals surface area contributed by atoms with Crippen LogP contribution < -0.4 is 4.72 Å². The molecule has 1 aliphatic heterocycles. The van der Waals surface area contributed by atoms with Crippen LogP contribution in [0.1, 0.15) is 25.0 Å². The molecule has 0 spiro atoms. The largest absolute Gasteiger partial charge is 0.481 e. The zero-order valence-electron chi connectivity index (χ0n) is 12.8. The molecule has 1 aliphatic carbocycles. The van der Waals surface area contributed by atoms with E-state index < -0.39 is 22.1 Å². The van der Waals surface area contributed by atoms with Gasteiger partial charge in [-0.05, 0) is 37.3 Å². The molecule has 0 radical (unpaired) electrons. The summed E-state index contributed by atoms with van der Waals surface area (Å²) in [5, 5.41) is 9.33. The highest BCUT2D eigenvalue weighted by Crippen LogP contribution is 2.38. The molecule has 1 saturated heterocycles. The molecular formula is C15H21N3O4S. The molecule has 126 valence electrons. The Morgan fingerprint density at radius 2 is 2.26 bits per heavy atom. The molecule has 1 aromatic rings. The molecule has 0 aromatic carbocycles. The lowest BCUT2D eigenvalue weighted by Crippen LogP contribution is -2.47. The molecular weight excluding hydrogens is 318 g/mol. The van der Waals surface area contributed by atoms with Crippen molar-refractivity contribution < 1.29 is 18.3 Å². The molecule has 8 heteroatoms. The maximum Gasteiger partial charge on any atom is 0.308 e. The fraction of sp³-hybridized carbons (Fsp3) is 0.600. The Bertz CT molecular complexity index is 665. The van der Waals surface area contributed by atoms with Crippen molar-refractivity contribution in [3.05, 3.63) is 30.1 Å². The van der Waals surface area contributed by atoms with Crippen molar-refractivity contribution in [1.29, 1.82) is 0 Å². The van der Waals surface area contributed by atoms with Crippen LogP contribution >= 0.6 is 0 Å². The van der Waals surface area contributed by atoms with Crippen LogP contribution in [0.3, 0.4) is 0 Å². The first-order valence-electron chi connectivity index (χ1n) is 7.85. The summed E-state index contributed by atoms with van der Waals surface area (Å²) in [6.07, 6.45) is 4.72. The van der Waals surface area contributed by atoms with E-state index in [1.54, 1.807) is 24.4 Å². The van der Waals surface area contributed by atoms with Gasteiger partial charge in [0, 0.05) is 37.4 Å². The highest BCUT2D eigenvalue weighted by Gasteiger charge is 2.43. The smallest absolute Gasteiger partial charge is 0.308 e. The lowest BCUT2D eigenvalue weighted by molar-refractivity contribution is -0.141. The van der Waals surface area contributed by atoms with E-state index in [1.807, 2.05) is 0 Å². The van der Waals surface area contributed by atoms with Gasteiger partial charge in [0.15, 0.2) is 0 Å². The summed E-state index contributed by atoms with van der Waals surface area (Å²) in [5.41, 5.74) is 0.638. The molecule has 1 saturated carbocycles. The molecule has 23 heavy (non-hydrogen) atoms. The van der Waals surface area contributed by atoms with Crippen molar-refractivity contribution in [2.75, 3.05) is 13.1 Å². The zero-order valence-corrected chi connectivity index (χ0v) is 13.6. The molecule has 2 N–H and O–H groups in total. The van der Waals surface area contributed by atoms with Crippen LogP contribution in [0.2, 0.25) is 0 Å². The number of carbonyl (C=O) groups is 1. The number of aromatic nitrogens is 1. The van der Waals surface area contributed by atoms with E-state index in [0.717, 1.165) is 19.3 Å². The second kappa shape index (κ2) is 6.54. The molecule has 7 nitrogen and oxygen atoms in total. The number of aliphatic carboxylic acids is 1. The Labute approximate surface area is 135 Å². The Hall–Kier alpha value is -1.51. The first-order valence-corrected chi connectivity index (χ1v) is 9.29. The van der Waals surface area contributed by atoms with Crippen LogP contribution in [-0.4, -0.2) is 47.9 Å². The van der Waals surface area contributed by atoms with Gasteiger partial charge in [-0.25, -0.2) is 4.72 Å². The Morgan fingerprint density at radius 1 is 1.43 bits per heavy atom. The van der Waals surface area contributed by atoms with Crippen LogP contribution in [0.25, 0.3) is 0 Å². The molecule has 2 bridgehead atoms. The minimum atomic E-state index is -3.61. The van der Waals surface area contributed by atoms with Crippen LogP contribution in [-0.2, 0) is 21.4 Å². The minimum absolute atomic E-state index is 0.0802. The van der Waals surface area contributed by atoms with Crippen molar-refractivity contribution in [3.63, 3.8) is 0 Å². The molecule has 3 atom stereocenters. The summed E-state index contributed by atoms with van der Waals surface area (Å²) in [5.74, 6) is -1.40. The molecule has 1 aromatic heterocycles. The third-order valence-electron chi connectivity index (χ3n) is 4.71. The predicted molar refractivity (Wildman–Crippen MR) is 83.8 cm³/mol. The van der Waals surface area contributed by atoms with Gasteiger partial charge >= 0.3 is 5.97 Å². The second-order valence-electron chi connectivity index (χ2n) is 6.32. The third-order valence-corrected chi connectivity index (χ3v) is 6.31. The Morgan fingerprint density at radius 3 is 2.83 bits per heavy atom. The van der Waals surface area contributed by atoms with E-state index in [9.17, 15) is 18.3 Å². The summed E-state index contributed by atoms with van der Waals surface area (Å²) >= 11 is 0. The van der Waals surface area contributed by atoms with Crippen molar-refractivity contribution in [2.24, 2.45) is 11.8 Å². The molecule has 2 heterocycles. The van der Waals surface area contributed by atoms with Crippen LogP contribution in [0, 0.1) is 11.8 Å². The maximum atomic E-state index is 12.4. The van der Waals surface area contributed by atoms with Crippen LogP contribution in [0.15, 0.2) is 24.4 Å². The number of hydrogen-bond donors (Lipinski definition) is 2. The monoisotopic (exact) mass is 339 g/mol. The highest BCUT2D eigenvalue weighted by molar-refractivity contribution is 7.87. The first-order chi connectivity index (χ1) is 11.0. The van der Waals surface area contributed by atoms with E-state index in [-0.39, 0.29) is 19.0 Å². The van der Waals surface area contributed by atoms with Gasteiger partial charge < -0.3 is 5.11 Å². The number of fused-ring (bicyclic) bond motifs is 2. The number of pyridine rings is 1. The number of piperidine rings is 1. The van der Waals surface area contributed by atoms with Crippen molar-refractivity contribution >= 4 is 16.2 Å². The van der Waals surface area contributed by atoms with E-state index in [2.05, 4.69) is 9.71 Å². The second-order valence-corrected chi connectivity index (χ2v) is 8.02. The molecule has 3 unspecified atom stereocenters. The van der Waals surface area contributed by atoms with Crippen LogP contribution in [0.5, 0.6) is 0 Å². The van der Waals surface area contributed by atoms with E-state index in [1.165, 1.54) is 4.31 Å². The van der Waals surface area contributed by atoms with Gasteiger partial charge in [-0.2, -0.15) is 12.7 Å². The average molecular weight is 339 g/mol. The Kier molecular flexibility index (Phi) is 4.65. The summed E-state index contributed by atoms with van der Waals surface area (Å²) in [6, 6.07) is 5.36. The lowest BCUT2D eigenvalue weighted by atomic mass is 10.0. The van der Waals surface area contributed by atoms with Crippen molar-refractivity contribution in [3.8, 4) is 0 Å². The zero-order chi connectivity index (χ0) is 16.4. The summed E-state index contributed by atoms with van der Waals surface area (Å²) in [4.78, 5) is 15.5. The average Bonchev–Trinajstić information content (AvgIpc) is 3.15. The number of nitrogens with zero attached hydrogens (tertiary/aromatic N) is 2. The number of carboxylic acid groups (broad SMARTS) is 1. The van der Waals surface area contributed by atoms with Gasteiger partial charge in [0.2, 0.25) is 0 Å². The molecule has 3 rings (SSSR count). The summed E-state index contributed by atoms with van der Waals surface area (Å²) in [6.45, 7) is 0.431. The number of nitrogens with one attached hydrogen (secondary N) is 1. The summed E-state index contributed by atoms with van der Waals surface area (Å²) < 4.78 is 28.8. The minimum Gasteiger partial charge on any atom is -0.481 e. The van der Waals surface area contributed by atoms with Gasteiger partial charge in [0.1, 0.15) is 0 Å². The molecule has 2 fully saturated rings. The predicted octanol–water partition coefficient (Wildman–Crippen LogP) is 0.644. The van der Waals surface area contributed by atoms with Gasteiger partial charge in [-0.3, -0.25) is 9.78 Å². The molecule has 2 aliphatic rings. The van der Waals surface area contributed by atoms with E-state index in [4.69, 9.17) is 0 Å². The fourth-order valence-corrected chi connectivity index (χ4v) is 5.05. The first kappa shape index (κ1) is 16.4. The van der Waals surface area contributed by atoms with E-state index >= 15 is 0 Å². The number of hydrogen-bond acceptors (Lipinski definition) is 4. The van der Waals surface area contributed by atoms with E-state index in [0.29, 0.717) is 18.2 Å². The lowest BCUT2D eigenvalue weighted by Gasteiger charge is -2.26. The fourth-order valence-electron chi connectivity index (χ4n) is 3.48. The molecule has 0 amide bonds. The van der Waals surface area contributed by atoms with Gasteiger partial charge in [-0.15, -0.1) is 0 Å². The summed E-state index contributed by atoms with van der Waals surface area (Å²) in [7, 11) is -3.61. The van der Waals surface area contributed by atoms with Gasteiger partial charge in [-0.1, -0.05) is 6.07 Å². The number of carboxylic acids is 1. The number of rotatable bonds is 7. The van der Waals surface area contributed by atoms with Crippen molar-refractivity contribution in [2.45, 2.75) is 31.7 Å². The van der Waals surface area contributed by atoms with Gasteiger partial charge in [0.05, 0.1) is 5.92 Å². The van der Waals surface area contributed by atoms with Crippen LogP contribution in [0.4, 0.5) is 0 Å². The quantitative estimate of drug-likeness (QED) is 0.759. The Balaban J connectivity index is 1.61. The topological polar surface area (TPSA) is 99.6 Å².